The van der Waals surface area contributed by atoms with Gasteiger partial charge in [0.15, 0.2) is 11.1 Å². The fraction of sp³-hybridized carbons (Fsp3) is 0.308. The maximum absolute atomic E-state index is 14.2. The van der Waals surface area contributed by atoms with Crippen molar-refractivity contribution in [1.29, 1.82) is 0 Å². The molecular weight excluding hydrogens is 481 g/mol. The summed E-state index contributed by atoms with van der Waals surface area (Å²) < 4.78 is 21.3. The van der Waals surface area contributed by atoms with Crippen LogP contribution in [0.2, 0.25) is 0 Å². The van der Waals surface area contributed by atoms with Gasteiger partial charge in [-0.2, -0.15) is 9.61 Å². The lowest BCUT2D eigenvalue weighted by Crippen LogP contribution is -2.52. The van der Waals surface area contributed by atoms with E-state index >= 15 is 0 Å². The predicted molar refractivity (Wildman–Crippen MR) is 136 cm³/mol. The average Bonchev–Trinajstić information content (AvgIpc) is 3.33. The first-order valence-electron chi connectivity index (χ1n) is 11.9. The maximum Gasteiger partial charge on any atom is 0.275 e. The highest BCUT2D eigenvalue weighted by molar-refractivity contribution is 7.19. The number of amides is 1. The number of aromatic nitrogens is 3. The van der Waals surface area contributed by atoms with E-state index in [2.05, 4.69) is 15.0 Å². The molecule has 0 aliphatic carbocycles. The number of para-hydroxylation sites is 1. The Balaban J connectivity index is 1.23. The van der Waals surface area contributed by atoms with Crippen molar-refractivity contribution >= 4 is 22.2 Å². The standard InChI is InChI=1S/C26H26FN5O3S/c1-2-22(35-19-8-4-3-5-9-19)25(34)31-14-12-30(13-15-31)17-18-16-23(33)32-26(28-18)36-24(29-32)20-10-6-7-11-21(20)27/h3-11,16,22H,2,12-15,17H2,1H3/t22-/m0/s1. The lowest BCUT2D eigenvalue weighted by Gasteiger charge is -2.36. The quantitative estimate of drug-likeness (QED) is 0.381. The molecule has 0 saturated carbocycles. The van der Waals surface area contributed by atoms with Crippen molar-refractivity contribution in [2.24, 2.45) is 0 Å². The maximum atomic E-state index is 14.2. The van der Waals surface area contributed by atoms with Gasteiger partial charge in [0.2, 0.25) is 4.96 Å². The molecule has 1 amide bonds. The van der Waals surface area contributed by atoms with Crippen LogP contribution in [0.4, 0.5) is 4.39 Å². The van der Waals surface area contributed by atoms with E-state index in [1.165, 1.54) is 28.0 Å². The van der Waals surface area contributed by atoms with Gasteiger partial charge in [-0.25, -0.2) is 9.37 Å². The molecule has 1 atom stereocenters. The van der Waals surface area contributed by atoms with Gasteiger partial charge in [-0.15, -0.1) is 0 Å². The van der Waals surface area contributed by atoms with Gasteiger partial charge >= 0.3 is 0 Å². The van der Waals surface area contributed by atoms with Crippen LogP contribution in [-0.2, 0) is 11.3 Å². The van der Waals surface area contributed by atoms with Crippen LogP contribution in [0.15, 0.2) is 65.5 Å². The molecule has 0 spiro atoms. The third-order valence-corrected chi connectivity index (χ3v) is 7.08. The molecule has 186 valence electrons. The van der Waals surface area contributed by atoms with E-state index in [9.17, 15) is 14.0 Å². The van der Waals surface area contributed by atoms with Crippen LogP contribution >= 0.6 is 11.3 Å². The van der Waals surface area contributed by atoms with E-state index in [0.29, 0.717) is 66.1 Å². The number of benzene rings is 2. The fourth-order valence-electron chi connectivity index (χ4n) is 4.21. The highest BCUT2D eigenvalue weighted by Crippen LogP contribution is 2.26. The molecule has 1 fully saturated rings. The zero-order valence-electron chi connectivity index (χ0n) is 19.8. The summed E-state index contributed by atoms with van der Waals surface area (Å²) in [6.07, 6.45) is 0.0731. The molecule has 1 saturated heterocycles. The summed E-state index contributed by atoms with van der Waals surface area (Å²) in [5.41, 5.74) is 0.672. The Labute approximate surface area is 211 Å². The van der Waals surface area contributed by atoms with Crippen LogP contribution in [0.5, 0.6) is 5.75 Å². The number of carbonyl (C=O) groups is 1. The van der Waals surface area contributed by atoms with Crippen molar-refractivity contribution in [3.63, 3.8) is 0 Å². The molecule has 2 aromatic carbocycles. The minimum absolute atomic E-state index is 0.0101. The van der Waals surface area contributed by atoms with Crippen LogP contribution in [0.1, 0.15) is 19.0 Å². The number of nitrogens with zero attached hydrogens (tertiary/aromatic N) is 5. The third-order valence-electron chi connectivity index (χ3n) is 6.14. The zero-order valence-corrected chi connectivity index (χ0v) is 20.7. The van der Waals surface area contributed by atoms with E-state index in [0.717, 1.165) is 0 Å². The summed E-state index contributed by atoms with van der Waals surface area (Å²) in [6.45, 7) is 4.91. The molecular formula is C26H26FN5O3S. The molecule has 2 aromatic heterocycles. The molecule has 4 aromatic rings. The summed E-state index contributed by atoms with van der Waals surface area (Å²) in [7, 11) is 0. The van der Waals surface area contributed by atoms with Crippen molar-refractivity contribution in [1.82, 2.24) is 24.4 Å². The second kappa shape index (κ2) is 10.5. The Bertz CT molecular complexity index is 1420. The average molecular weight is 508 g/mol. The van der Waals surface area contributed by atoms with Crippen LogP contribution in [0.25, 0.3) is 15.5 Å². The van der Waals surface area contributed by atoms with Crippen molar-refractivity contribution < 1.29 is 13.9 Å². The molecule has 10 heteroatoms. The fourth-order valence-corrected chi connectivity index (χ4v) is 5.16. The van der Waals surface area contributed by atoms with Gasteiger partial charge < -0.3 is 9.64 Å². The highest BCUT2D eigenvalue weighted by atomic mass is 32.1. The van der Waals surface area contributed by atoms with E-state index < -0.39 is 11.9 Å². The van der Waals surface area contributed by atoms with E-state index in [-0.39, 0.29) is 11.5 Å². The van der Waals surface area contributed by atoms with Gasteiger partial charge in [-0.3, -0.25) is 14.5 Å². The molecule has 36 heavy (non-hydrogen) atoms. The topological polar surface area (TPSA) is 80.0 Å². The second-order valence-electron chi connectivity index (χ2n) is 8.60. The number of carbonyl (C=O) groups excluding carboxylic acids is 1. The Morgan fingerprint density at radius 3 is 2.53 bits per heavy atom. The molecule has 0 bridgehead atoms. The normalized spacial score (nSPS) is 15.2. The van der Waals surface area contributed by atoms with Crippen LogP contribution < -0.4 is 10.3 Å². The lowest BCUT2D eigenvalue weighted by molar-refractivity contribution is -0.140. The van der Waals surface area contributed by atoms with Gasteiger partial charge in [0.05, 0.1) is 5.69 Å². The molecule has 1 aliphatic heterocycles. The molecule has 3 heterocycles. The Morgan fingerprint density at radius 1 is 1.08 bits per heavy atom. The second-order valence-corrected chi connectivity index (χ2v) is 9.55. The number of rotatable bonds is 7. The van der Waals surface area contributed by atoms with Gasteiger partial charge in [-0.05, 0) is 30.7 Å². The van der Waals surface area contributed by atoms with Crippen LogP contribution in [-0.4, -0.2) is 62.6 Å². The van der Waals surface area contributed by atoms with Crippen molar-refractivity contribution in [2.75, 3.05) is 26.2 Å². The van der Waals surface area contributed by atoms with Gasteiger partial charge in [0.25, 0.3) is 11.5 Å². The Morgan fingerprint density at radius 2 is 1.81 bits per heavy atom. The molecule has 5 rings (SSSR count). The van der Waals surface area contributed by atoms with E-state index in [1.807, 2.05) is 42.2 Å². The van der Waals surface area contributed by atoms with Crippen LogP contribution in [0, 0.1) is 5.82 Å². The first kappa shape index (κ1) is 24.1. The van der Waals surface area contributed by atoms with E-state index in [1.54, 1.807) is 18.2 Å². The van der Waals surface area contributed by atoms with Crippen molar-refractivity contribution in [3.8, 4) is 16.3 Å². The number of hydrogen-bond donors (Lipinski definition) is 0. The predicted octanol–water partition coefficient (Wildman–Crippen LogP) is 3.46. The van der Waals surface area contributed by atoms with Gasteiger partial charge in [0.1, 0.15) is 11.6 Å². The molecule has 1 aliphatic rings. The molecule has 8 nitrogen and oxygen atoms in total. The Hall–Kier alpha value is -3.63. The summed E-state index contributed by atoms with van der Waals surface area (Å²) in [4.78, 5) is 34.7. The van der Waals surface area contributed by atoms with Crippen molar-refractivity contribution in [2.45, 2.75) is 26.0 Å². The minimum atomic E-state index is -0.516. The molecule has 0 N–H and O–H groups in total. The number of ether oxygens (including phenoxy) is 1. The molecule has 0 radical (unpaired) electrons. The largest absolute Gasteiger partial charge is 0.481 e. The summed E-state index contributed by atoms with van der Waals surface area (Å²) in [6, 6.07) is 17.2. The summed E-state index contributed by atoms with van der Waals surface area (Å²) in [5, 5.41) is 4.67. The lowest BCUT2D eigenvalue weighted by atomic mass is 10.2. The SMILES string of the molecule is CC[C@H](Oc1ccccc1)C(=O)N1CCN(Cc2cc(=O)n3nc(-c4ccccc4F)sc3n2)CC1. The third kappa shape index (κ3) is 5.14. The van der Waals surface area contributed by atoms with Crippen LogP contribution in [0.3, 0.4) is 0 Å². The zero-order chi connectivity index (χ0) is 25.1. The Kier molecular flexibility index (Phi) is 7.06. The monoisotopic (exact) mass is 507 g/mol. The smallest absolute Gasteiger partial charge is 0.275 e. The number of halogens is 1. The highest BCUT2D eigenvalue weighted by Gasteiger charge is 2.28. The minimum Gasteiger partial charge on any atom is -0.481 e. The number of hydrogen-bond acceptors (Lipinski definition) is 7. The summed E-state index contributed by atoms with van der Waals surface area (Å²) >= 11 is 1.18. The van der Waals surface area contributed by atoms with Gasteiger partial charge in [0, 0.05) is 44.4 Å². The first-order chi connectivity index (χ1) is 17.5. The first-order valence-corrected chi connectivity index (χ1v) is 12.7. The number of fused-ring (bicyclic) bond motifs is 1. The molecule has 0 unspecified atom stereocenters. The van der Waals surface area contributed by atoms with E-state index in [4.69, 9.17) is 4.74 Å². The van der Waals surface area contributed by atoms with Crippen molar-refractivity contribution in [3.05, 3.63) is 82.5 Å². The number of piperazine rings is 1. The summed E-state index contributed by atoms with van der Waals surface area (Å²) in [5.74, 6) is 0.283. The van der Waals surface area contributed by atoms with Gasteiger partial charge in [-0.1, -0.05) is 48.6 Å².